The summed E-state index contributed by atoms with van der Waals surface area (Å²) in [5, 5.41) is 4.09. The van der Waals surface area contributed by atoms with Crippen LogP contribution in [0.2, 0.25) is 11.1 Å². The zero-order valence-corrected chi connectivity index (χ0v) is 27.3. The van der Waals surface area contributed by atoms with E-state index in [-0.39, 0.29) is 40.6 Å². The number of carbonyl (C=O) groups is 2. The molecule has 0 saturated heterocycles. The van der Waals surface area contributed by atoms with Crippen LogP contribution in [0.3, 0.4) is 0 Å². The van der Waals surface area contributed by atoms with Crippen LogP contribution in [0.15, 0.2) is 89.4 Å². The maximum absolute atomic E-state index is 13.4. The van der Waals surface area contributed by atoms with Gasteiger partial charge >= 0.3 is 249 Å². The number of hydrogen-bond acceptors (Lipinski definition) is 3. The number of allylic oxidation sites excluding steroid dienone is 1. The van der Waals surface area contributed by atoms with E-state index in [1.807, 2.05) is 18.2 Å². The average Bonchev–Trinajstić information content (AvgIpc) is 3.66. The second-order valence-corrected chi connectivity index (χ2v) is 20.7. The van der Waals surface area contributed by atoms with Gasteiger partial charge in [-0.1, -0.05) is 0 Å². The summed E-state index contributed by atoms with van der Waals surface area (Å²) in [7, 11) is -2.06. The third-order valence-electron chi connectivity index (χ3n) is 8.69. The molecule has 40 heavy (non-hydrogen) atoms. The van der Waals surface area contributed by atoms with Gasteiger partial charge < -0.3 is 0 Å². The first kappa shape index (κ1) is 25.9. The van der Waals surface area contributed by atoms with Crippen LogP contribution in [0.1, 0.15) is 52.8 Å². The quantitative estimate of drug-likeness (QED) is 0.123. The molecule has 0 fully saturated rings. The van der Waals surface area contributed by atoms with Gasteiger partial charge in [0.2, 0.25) is 0 Å². The van der Waals surface area contributed by atoms with Crippen molar-refractivity contribution >= 4 is 90.7 Å². The molecule has 2 aliphatic rings. The van der Waals surface area contributed by atoms with Crippen molar-refractivity contribution in [3.05, 3.63) is 105 Å². The number of carbonyl (C=O) groups excluding carboxylic acids is 2. The molecule has 0 bridgehead atoms. The van der Waals surface area contributed by atoms with Crippen LogP contribution in [0, 0.1) is 0 Å². The van der Waals surface area contributed by atoms with Gasteiger partial charge in [-0.15, -0.1) is 0 Å². The van der Waals surface area contributed by atoms with Gasteiger partial charge in [-0.25, -0.2) is 0 Å². The minimum absolute atomic E-state index is 0.0482. The molecule has 7 rings (SSSR count). The van der Waals surface area contributed by atoms with Crippen LogP contribution >= 0.6 is 0 Å². The number of para-hydroxylation sites is 2. The molecule has 2 aromatic heterocycles. The summed E-state index contributed by atoms with van der Waals surface area (Å²) in [6.45, 7) is 9.61. The van der Waals surface area contributed by atoms with Crippen LogP contribution in [0.4, 0.5) is 15.9 Å². The number of fused-ring (bicyclic) bond motifs is 4. The number of rotatable bonds is 4. The van der Waals surface area contributed by atoms with Gasteiger partial charge in [-0.05, 0) is 0 Å². The first-order valence-electron chi connectivity index (χ1n) is 13.7. The average molecular weight is 670 g/mol. The summed E-state index contributed by atoms with van der Waals surface area (Å²) >= 11 is 0.191. The molecule has 0 radical (unpaired) electrons. The van der Waals surface area contributed by atoms with Gasteiger partial charge in [-0.3, -0.25) is 0 Å². The maximum atomic E-state index is 13.4. The second kappa shape index (κ2) is 9.55. The molecule has 5 aromatic rings. The van der Waals surface area contributed by atoms with Gasteiger partial charge in [0, 0.05) is 0 Å². The molecular weight excluding hydrogens is 640 g/mol. The first-order chi connectivity index (χ1) is 19.3. The summed E-state index contributed by atoms with van der Waals surface area (Å²) in [6, 6.07) is 28.2. The molecule has 3 aromatic carbocycles. The van der Waals surface area contributed by atoms with Crippen LogP contribution in [0.25, 0.3) is 15.7 Å². The summed E-state index contributed by atoms with van der Waals surface area (Å²) in [4.78, 5) is 31.3. The number of nitrogens with zero attached hydrogens (tertiary/aromatic N) is 1. The summed E-state index contributed by atoms with van der Waals surface area (Å²) in [6.07, 6.45) is 1.86. The fraction of sp³-hybridized carbons (Fsp3) is 0.176. The minimum atomic E-state index is -2.06. The fourth-order valence-corrected chi connectivity index (χ4v) is 16.9. The van der Waals surface area contributed by atoms with Crippen molar-refractivity contribution in [3.63, 3.8) is 0 Å². The standard InChI is InChI=1S/C34H29NO2Se2Si/c1-20(2)40(21(3)4)30-11-7-5-9-27(30)35(28-10-6-8-12-31(28)40)32-14-13-23(39-32)18-26-33(36)24-17-22-15-16-38-29(22)19-25(24)34(26)37/h5-21H,1-4H3/b26-18+. The molecule has 0 spiro atoms. The summed E-state index contributed by atoms with van der Waals surface area (Å²) in [5.41, 5.74) is 5.12. The molecular formula is C34H29NO2Se2Si. The van der Waals surface area contributed by atoms with E-state index in [0.717, 1.165) is 9.82 Å². The van der Waals surface area contributed by atoms with E-state index < -0.39 is 8.07 Å². The van der Waals surface area contributed by atoms with Crippen molar-refractivity contribution in [2.75, 3.05) is 4.90 Å². The van der Waals surface area contributed by atoms with E-state index in [9.17, 15) is 9.59 Å². The number of ketones is 2. The Bertz CT molecular complexity index is 1770. The zero-order chi connectivity index (χ0) is 27.8. The normalized spacial score (nSPS) is 16.8. The van der Waals surface area contributed by atoms with Crippen LogP contribution < -0.4 is 15.3 Å². The summed E-state index contributed by atoms with van der Waals surface area (Å²) < 4.78 is 3.48. The first-order valence-corrected chi connectivity index (χ1v) is 19.4. The molecule has 0 saturated carbocycles. The SMILES string of the molecule is CC(C)[Si]1(C(C)C)c2ccccc2N(c2ccc(/C=C3\C(=O)c4cc5cc[se]c5cc4C3=O)[se]2)c2ccccc21. The molecule has 3 nitrogen and oxygen atoms in total. The van der Waals surface area contributed by atoms with E-state index in [1.54, 1.807) is 0 Å². The predicted octanol–water partition coefficient (Wildman–Crippen LogP) is 6.58. The van der Waals surface area contributed by atoms with Gasteiger partial charge in [0.25, 0.3) is 0 Å². The van der Waals surface area contributed by atoms with Crippen molar-refractivity contribution in [1.82, 2.24) is 0 Å². The van der Waals surface area contributed by atoms with Crippen molar-refractivity contribution in [1.29, 1.82) is 0 Å². The fourth-order valence-electron chi connectivity index (χ4n) is 7.05. The van der Waals surface area contributed by atoms with E-state index in [4.69, 9.17) is 0 Å². The van der Waals surface area contributed by atoms with Gasteiger partial charge in [0.15, 0.2) is 0 Å². The van der Waals surface area contributed by atoms with Crippen LogP contribution in [-0.2, 0) is 0 Å². The molecule has 6 heteroatoms. The molecule has 0 amide bonds. The van der Waals surface area contributed by atoms with E-state index in [0.29, 0.717) is 27.8 Å². The molecule has 1 aliphatic carbocycles. The predicted molar refractivity (Wildman–Crippen MR) is 171 cm³/mol. The van der Waals surface area contributed by atoms with Crippen molar-refractivity contribution in [2.24, 2.45) is 0 Å². The molecule has 3 heterocycles. The Balaban J connectivity index is 1.34. The van der Waals surface area contributed by atoms with E-state index >= 15 is 0 Å². The third-order valence-corrected chi connectivity index (χ3v) is 18.9. The number of hydrogen-bond donors (Lipinski definition) is 0. The Morgan fingerprint density at radius 3 is 1.98 bits per heavy atom. The molecule has 1 aliphatic heterocycles. The van der Waals surface area contributed by atoms with E-state index in [1.165, 1.54) is 30.6 Å². The van der Waals surface area contributed by atoms with Crippen molar-refractivity contribution in [2.45, 2.75) is 38.8 Å². The molecule has 0 unspecified atom stereocenters. The third kappa shape index (κ3) is 3.60. The summed E-state index contributed by atoms with van der Waals surface area (Å²) in [5.74, 6) is -0.270. The number of Topliss-reactive ketones (excluding diaryl/α,β-unsaturated/α-hetero) is 2. The van der Waals surface area contributed by atoms with Crippen molar-refractivity contribution in [3.8, 4) is 0 Å². The second-order valence-electron chi connectivity index (χ2n) is 11.3. The Hall–Kier alpha value is -2.98. The van der Waals surface area contributed by atoms with Crippen LogP contribution in [0.5, 0.6) is 0 Å². The number of anilines is 3. The number of benzene rings is 3. The van der Waals surface area contributed by atoms with E-state index in [2.05, 4.69) is 104 Å². The van der Waals surface area contributed by atoms with Gasteiger partial charge in [0.05, 0.1) is 0 Å². The Kier molecular flexibility index (Phi) is 6.19. The molecule has 0 N–H and O–H groups in total. The van der Waals surface area contributed by atoms with Crippen LogP contribution in [-0.4, -0.2) is 48.6 Å². The Morgan fingerprint density at radius 1 is 0.750 bits per heavy atom. The van der Waals surface area contributed by atoms with Gasteiger partial charge in [-0.2, -0.15) is 0 Å². The zero-order valence-electron chi connectivity index (χ0n) is 22.9. The topological polar surface area (TPSA) is 37.4 Å². The Labute approximate surface area is 247 Å². The van der Waals surface area contributed by atoms with Gasteiger partial charge in [0.1, 0.15) is 0 Å². The Morgan fingerprint density at radius 2 is 1.35 bits per heavy atom. The monoisotopic (exact) mass is 671 g/mol. The molecule has 198 valence electrons. The molecule has 0 atom stereocenters. The van der Waals surface area contributed by atoms with Crippen molar-refractivity contribution < 1.29 is 9.59 Å².